The number of aryl methyl sites for hydroxylation is 1. The van der Waals surface area contributed by atoms with Gasteiger partial charge in [0.1, 0.15) is 12.0 Å². The van der Waals surface area contributed by atoms with Crippen LogP contribution in [0.4, 0.5) is 0 Å². The predicted molar refractivity (Wildman–Crippen MR) is 75.6 cm³/mol. The molecular formula is C16H17NO2. The molecule has 0 spiro atoms. The van der Waals surface area contributed by atoms with Gasteiger partial charge in [-0.25, -0.2) is 0 Å². The molecule has 2 rings (SSSR count). The molecule has 0 atom stereocenters. The number of benzene rings is 1. The lowest BCUT2D eigenvalue weighted by atomic mass is 10.0. The summed E-state index contributed by atoms with van der Waals surface area (Å²) in [7, 11) is 0. The molecule has 0 N–H and O–H groups in total. The zero-order valence-corrected chi connectivity index (χ0v) is 11.2. The molecule has 3 nitrogen and oxygen atoms in total. The summed E-state index contributed by atoms with van der Waals surface area (Å²) in [6, 6.07) is 9.51. The maximum atomic E-state index is 11.0. The van der Waals surface area contributed by atoms with E-state index in [9.17, 15) is 4.79 Å². The van der Waals surface area contributed by atoms with Crippen LogP contribution in [-0.2, 0) is 0 Å². The monoisotopic (exact) mass is 255 g/mol. The van der Waals surface area contributed by atoms with Crippen LogP contribution in [-0.4, -0.2) is 17.9 Å². The number of pyridine rings is 1. The van der Waals surface area contributed by atoms with Gasteiger partial charge in [-0.3, -0.25) is 9.78 Å². The fourth-order valence-electron chi connectivity index (χ4n) is 1.89. The molecule has 0 saturated heterocycles. The van der Waals surface area contributed by atoms with E-state index in [0.29, 0.717) is 12.2 Å². The quantitative estimate of drug-likeness (QED) is 0.765. The summed E-state index contributed by atoms with van der Waals surface area (Å²) >= 11 is 0. The first kappa shape index (κ1) is 13.3. The largest absolute Gasteiger partial charge is 0.494 e. The number of carbonyl (C=O) groups is 1. The molecule has 0 aliphatic carbocycles. The lowest BCUT2D eigenvalue weighted by molar-refractivity contribution is 0.112. The second-order valence-electron chi connectivity index (χ2n) is 4.44. The first-order valence-electron chi connectivity index (χ1n) is 6.39. The third kappa shape index (κ3) is 3.41. The fourth-order valence-corrected chi connectivity index (χ4v) is 1.89. The molecule has 0 unspecified atom stereocenters. The van der Waals surface area contributed by atoms with Gasteiger partial charge in [-0.2, -0.15) is 0 Å². The van der Waals surface area contributed by atoms with Crippen LogP contribution >= 0.6 is 0 Å². The van der Waals surface area contributed by atoms with Crippen molar-refractivity contribution in [3.63, 3.8) is 0 Å². The molecule has 3 heteroatoms. The SMILES string of the molecule is CCCOc1cc(C=O)cc(-c2ccnc(C)c2)c1. The average molecular weight is 255 g/mol. The topological polar surface area (TPSA) is 39.2 Å². The average Bonchev–Trinajstić information content (AvgIpc) is 2.44. The van der Waals surface area contributed by atoms with Crippen LogP contribution in [0, 0.1) is 6.92 Å². The number of rotatable bonds is 5. The Bertz CT molecular complexity index is 579. The van der Waals surface area contributed by atoms with E-state index in [1.807, 2.05) is 31.2 Å². The van der Waals surface area contributed by atoms with Crippen molar-refractivity contribution >= 4 is 6.29 Å². The summed E-state index contributed by atoms with van der Waals surface area (Å²) in [6.45, 7) is 4.65. The first-order valence-corrected chi connectivity index (χ1v) is 6.39. The number of hydrogen-bond acceptors (Lipinski definition) is 3. The molecule has 1 aromatic heterocycles. The molecule has 0 bridgehead atoms. The zero-order chi connectivity index (χ0) is 13.7. The molecule has 0 fully saturated rings. The predicted octanol–water partition coefficient (Wildman–Crippen LogP) is 3.66. The minimum atomic E-state index is 0.623. The maximum Gasteiger partial charge on any atom is 0.150 e. The molecule has 19 heavy (non-hydrogen) atoms. The number of carbonyl (C=O) groups excluding carboxylic acids is 1. The van der Waals surface area contributed by atoms with Crippen LogP contribution in [0.2, 0.25) is 0 Å². The third-order valence-electron chi connectivity index (χ3n) is 2.77. The number of nitrogens with zero attached hydrogens (tertiary/aromatic N) is 1. The Morgan fingerprint density at radius 3 is 2.74 bits per heavy atom. The van der Waals surface area contributed by atoms with Crippen LogP contribution in [0.1, 0.15) is 29.4 Å². The molecule has 0 amide bonds. The summed E-state index contributed by atoms with van der Waals surface area (Å²) in [5.41, 5.74) is 3.59. The Kier molecular flexibility index (Phi) is 4.29. The summed E-state index contributed by atoms with van der Waals surface area (Å²) in [5, 5.41) is 0. The third-order valence-corrected chi connectivity index (χ3v) is 2.77. The van der Waals surface area contributed by atoms with Gasteiger partial charge in [0.05, 0.1) is 6.61 Å². The highest BCUT2D eigenvalue weighted by Gasteiger charge is 2.04. The Balaban J connectivity index is 2.41. The van der Waals surface area contributed by atoms with Gasteiger partial charge < -0.3 is 4.74 Å². The highest BCUT2D eigenvalue weighted by atomic mass is 16.5. The van der Waals surface area contributed by atoms with Gasteiger partial charge in [-0.05, 0) is 54.8 Å². The van der Waals surface area contributed by atoms with Crippen LogP contribution in [0.3, 0.4) is 0 Å². The van der Waals surface area contributed by atoms with E-state index in [-0.39, 0.29) is 0 Å². The Hall–Kier alpha value is -2.16. The van der Waals surface area contributed by atoms with E-state index in [0.717, 1.165) is 35.3 Å². The van der Waals surface area contributed by atoms with Crippen molar-refractivity contribution in [1.82, 2.24) is 4.98 Å². The number of hydrogen-bond donors (Lipinski definition) is 0. The van der Waals surface area contributed by atoms with Crippen molar-refractivity contribution in [3.8, 4) is 16.9 Å². The summed E-state index contributed by atoms with van der Waals surface area (Å²) in [6.07, 6.45) is 3.55. The molecule has 98 valence electrons. The number of aromatic nitrogens is 1. The van der Waals surface area contributed by atoms with Crippen LogP contribution in [0.15, 0.2) is 36.5 Å². The zero-order valence-electron chi connectivity index (χ0n) is 11.2. The molecule has 1 heterocycles. The van der Waals surface area contributed by atoms with E-state index >= 15 is 0 Å². The Morgan fingerprint density at radius 2 is 2.05 bits per heavy atom. The molecule has 0 aliphatic heterocycles. The number of ether oxygens (including phenoxy) is 1. The van der Waals surface area contributed by atoms with Crippen LogP contribution in [0.25, 0.3) is 11.1 Å². The van der Waals surface area contributed by atoms with Crippen molar-refractivity contribution in [3.05, 3.63) is 47.8 Å². The van der Waals surface area contributed by atoms with Crippen molar-refractivity contribution < 1.29 is 9.53 Å². The minimum absolute atomic E-state index is 0.623. The molecule has 0 radical (unpaired) electrons. The lowest BCUT2D eigenvalue weighted by Crippen LogP contribution is -1.96. The second-order valence-corrected chi connectivity index (χ2v) is 4.44. The van der Waals surface area contributed by atoms with E-state index < -0.39 is 0 Å². The van der Waals surface area contributed by atoms with E-state index in [2.05, 4.69) is 11.9 Å². The van der Waals surface area contributed by atoms with Gasteiger partial charge >= 0.3 is 0 Å². The van der Waals surface area contributed by atoms with Crippen molar-refractivity contribution in [2.24, 2.45) is 0 Å². The molecule has 1 aromatic carbocycles. The summed E-state index contributed by atoms with van der Waals surface area (Å²) in [4.78, 5) is 15.2. The van der Waals surface area contributed by atoms with Gasteiger partial charge in [0, 0.05) is 17.5 Å². The fraction of sp³-hybridized carbons (Fsp3) is 0.250. The normalized spacial score (nSPS) is 10.2. The van der Waals surface area contributed by atoms with Gasteiger partial charge in [0.2, 0.25) is 0 Å². The minimum Gasteiger partial charge on any atom is -0.494 e. The smallest absolute Gasteiger partial charge is 0.150 e. The van der Waals surface area contributed by atoms with Crippen LogP contribution < -0.4 is 4.74 Å². The van der Waals surface area contributed by atoms with Gasteiger partial charge in [-0.15, -0.1) is 0 Å². The standard InChI is InChI=1S/C16H17NO2/c1-3-6-19-16-9-13(11-18)8-15(10-16)14-4-5-17-12(2)7-14/h4-5,7-11H,3,6H2,1-2H3. The lowest BCUT2D eigenvalue weighted by Gasteiger charge is -2.09. The molecule has 0 aliphatic rings. The van der Waals surface area contributed by atoms with E-state index in [1.165, 1.54) is 0 Å². The van der Waals surface area contributed by atoms with E-state index in [1.54, 1.807) is 12.3 Å². The summed E-state index contributed by atoms with van der Waals surface area (Å²) in [5.74, 6) is 0.732. The molecular weight excluding hydrogens is 238 g/mol. The highest BCUT2D eigenvalue weighted by molar-refractivity contribution is 5.80. The second kappa shape index (κ2) is 6.14. The number of aldehydes is 1. The van der Waals surface area contributed by atoms with Crippen molar-refractivity contribution in [2.75, 3.05) is 6.61 Å². The maximum absolute atomic E-state index is 11.0. The van der Waals surface area contributed by atoms with Crippen LogP contribution in [0.5, 0.6) is 5.75 Å². The van der Waals surface area contributed by atoms with Crippen molar-refractivity contribution in [2.45, 2.75) is 20.3 Å². The van der Waals surface area contributed by atoms with Crippen molar-refractivity contribution in [1.29, 1.82) is 0 Å². The van der Waals surface area contributed by atoms with E-state index in [4.69, 9.17) is 4.74 Å². The Morgan fingerprint density at radius 1 is 1.21 bits per heavy atom. The van der Waals surface area contributed by atoms with Gasteiger partial charge in [-0.1, -0.05) is 6.92 Å². The first-order chi connectivity index (χ1) is 9.22. The Labute approximate surface area is 113 Å². The molecule has 0 saturated carbocycles. The molecule has 2 aromatic rings. The van der Waals surface area contributed by atoms with Gasteiger partial charge in [0.15, 0.2) is 0 Å². The summed E-state index contributed by atoms with van der Waals surface area (Å²) < 4.78 is 5.62. The highest BCUT2D eigenvalue weighted by Crippen LogP contribution is 2.26. The van der Waals surface area contributed by atoms with Gasteiger partial charge in [0.25, 0.3) is 0 Å².